The average Bonchev–Trinajstić information content (AvgIpc) is 2.96. The van der Waals surface area contributed by atoms with Gasteiger partial charge in [0.2, 0.25) is 0 Å². The molecule has 1 aromatic rings. The summed E-state index contributed by atoms with van der Waals surface area (Å²) in [5.41, 5.74) is 6.47. The van der Waals surface area contributed by atoms with Gasteiger partial charge in [-0.1, -0.05) is 12.1 Å². The Hall–Kier alpha value is -2.08. The number of rotatable bonds is 5. The molecule has 1 saturated heterocycles. The van der Waals surface area contributed by atoms with Crippen molar-refractivity contribution < 1.29 is 14.3 Å². The van der Waals surface area contributed by atoms with Crippen LogP contribution in [0.5, 0.6) is 0 Å². The third-order valence-corrected chi connectivity index (χ3v) is 3.20. The zero-order valence-electron chi connectivity index (χ0n) is 11.2. The van der Waals surface area contributed by atoms with Crippen molar-refractivity contribution in [3.8, 4) is 0 Å². The summed E-state index contributed by atoms with van der Waals surface area (Å²) in [7, 11) is 0. The number of urea groups is 1. The highest BCUT2D eigenvalue weighted by molar-refractivity contribution is 5.94. The molecular formula is C14H19N3O3. The Kier molecular flexibility index (Phi) is 4.95. The molecule has 1 heterocycles. The van der Waals surface area contributed by atoms with E-state index in [0.717, 1.165) is 25.0 Å². The minimum Gasteiger partial charge on any atom is -0.376 e. The second kappa shape index (κ2) is 6.91. The summed E-state index contributed by atoms with van der Waals surface area (Å²) in [4.78, 5) is 22.5. The summed E-state index contributed by atoms with van der Waals surface area (Å²) in [6.45, 7) is 1.68. The van der Waals surface area contributed by atoms with Crippen molar-refractivity contribution >= 4 is 11.9 Å². The molecule has 108 valence electrons. The third kappa shape index (κ3) is 4.24. The normalized spacial score (nSPS) is 17.7. The Balaban J connectivity index is 1.81. The van der Waals surface area contributed by atoms with Crippen LogP contribution in [0.1, 0.15) is 28.8 Å². The minimum atomic E-state index is -0.566. The summed E-state index contributed by atoms with van der Waals surface area (Å²) in [5.74, 6) is -0.116. The van der Waals surface area contributed by atoms with Crippen LogP contribution in [0, 0.1) is 0 Å². The van der Waals surface area contributed by atoms with Gasteiger partial charge in [-0.25, -0.2) is 4.79 Å². The van der Waals surface area contributed by atoms with Gasteiger partial charge >= 0.3 is 6.03 Å². The number of benzene rings is 1. The lowest BCUT2D eigenvalue weighted by molar-refractivity contribution is 0.0858. The highest BCUT2D eigenvalue weighted by Crippen LogP contribution is 2.11. The summed E-state index contributed by atoms with van der Waals surface area (Å²) in [6.07, 6.45) is 2.19. The highest BCUT2D eigenvalue weighted by atomic mass is 16.5. The monoisotopic (exact) mass is 277 g/mol. The second-order valence-corrected chi connectivity index (χ2v) is 4.76. The van der Waals surface area contributed by atoms with Crippen LogP contribution in [-0.2, 0) is 11.3 Å². The molecule has 0 bridgehead atoms. The van der Waals surface area contributed by atoms with Crippen LogP contribution >= 0.6 is 0 Å². The lowest BCUT2D eigenvalue weighted by atomic mass is 10.1. The van der Waals surface area contributed by atoms with Crippen molar-refractivity contribution in [1.29, 1.82) is 0 Å². The Morgan fingerprint density at radius 3 is 2.60 bits per heavy atom. The summed E-state index contributed by atoms with van der Waals surface area (Å²) < 4.78 is 5.45. The molecule has 1 unspecified atom stereocenters. The molecule has 1 aliphatic rings. The molecule has 1 atom stereocenters. The van der Waals surface area contributed by atoms with Crippen LogP contribution in [0.2, 0.25) is 0 Å². The molecule has 6 nitrogen and oxygen atoms in total. The van der Waals surface area contributed by atoms with Gasteiger partial charge in [-0.2, -0.15) is 0 Å². The predicted octanol–water partition coefficient (Wildman–Crippen LogP) is 0.764. The van der Waals surface area contributed by atoms with E-state index in [0.29, 0.717) is 18.7 Å². The number of nitrogens with two attached hydrogens (primary N) is 1. The van der Waals surface area contributed by atoms with Crippen molar-refractivity contribution in [3.63, 3.8) is 0 Å². The number of carbonyl (C=O) groups is 2. The predicted molar refractivity (Wildman–Crippen MR) is 74.2 cm³/mol. The van der Waals surface area contributed by atoms with Gasteiger partial charge in [0.1, 0.15) is 0 Å². The lowest BCUT2D eigenvalue weighted by Gasteiger charge is -2.11. The number of carbonyl (C=O) groups excluding carboxylic acids is 2. The zero-order chi connectivity index (χ0) is 14.4. The van der Waals surface area contributed by atoms with Gasteiger partial charge in [0, 0.05) is 25.3 Å². The van der Waals surface area contributed by atoms with Gasteiger partial charge in [-0.05, 0) is 30.5 Å². The Bertz CT molecular complexity index is 467. The first kappa shape index (κ1) is 14.3. The molecule has 6 heteroatoms. The zero-order valence-corrected chi connectivity index (χ0v) is 11.2. The van der Waals surface area contributed by atoms with Crippen molar-refractivity contribution in [2.24, 2.45) is 5.73 Å². The molecule has 1 aliphatic heterocycles. The first-order chi connectivity index (χ1) is 9.65. The van der Waals surface area contributed by atoms with E-state index in [9.17, 15) is 9.59 Å². The number of primary amides is 1. The standard InChI is InChI=1S/C14H19N3O3/c15-14(19)17-8-10-3-5-11(6-4-10)13(18)16-9-12-2-1-7-20-12/h3-6,12H,1-2,7-9H2,(H,16,18)(H3,15,17,19). The fourth-order valence-corrected chi connectivity index (χ4v) is 2.08. The van der Waals surface area contributed by atoms with E-state index in [1.807, 2.05) is 0 Å². The number of ether oxygens (including phenoxy) is 1. The van der Waals surface area contributed by atoms with E-state index >= 15 is 0 Å². The first-order valence-corrected chi connectivity index (χ1v) is 6.67. The van der Waals surface area contributed by atoms with E-state index in [1.54, 1.807) is 24.3 Å². The highest BCUT2D eigenvalue weighted by Gasteiger charge is 2.16. The van der Waals surface area contributed by atoms with Crippen LogP contribution in [0.4, 0.5) is 4.79 Å². The quantitative estimate of drug-likeness (QED) is 0.742. The van der Waals surface area contributed by atoms with E-state index in [2.05, 4.69) is 10.6 Å². The Morgan fingerprint density at radius 1 is 1.25 bits per heavy atom. The first-order valence-electron chi connectivity index (χ1n) is 6.67. The van der Waals surface area contributed by atoms with Crippen molar-refractivity contribution in [2.45, 2.75) is 25.5 Å². The number of nitrogens with one attached hydrogen (secondary N) is 2. The molecule has 20 heavy (non-hydrogen) atoms. The van der Waals surface area contributed by atoms with Gasteiger partial charge in [0.05, 0.1) is 6.10 Å². The number of amides is 3. The van der Waals surface area contributed by atoms with Gasteiger partial charge in [-0.3, -0.25) is 4.79 Å². The fourth-order valence-electron chi connectivity index (χ4n) is 2.08. The average molecular weight is 277 g/mol. The maximum absolute atomic E-state index is 11.9. The SMILES string of the molecule is NC(=O)NCc1ccc(C(=O)NCC2CCCO2)cc1. The largest absolute Gasteiger partial charge is 0.376 e. The van der Waals surface area contributed by atoms with Crippen molar-refractivity contribution in [1.82, 2.24) is 10.6 Å². The third-order valence-electron chi connectivity index (χ3n) is 3.20. The molecule has 0 aliphatic carbocycles. The lowest BCUT2D eigenvalue weighted by Crippen LogP contribution is -2.31. The van der Waals surface area contributed by atoms with Crippen LogP contribution in [0.15, 0.2) is 24.3 Å². The molecule has 2 rings (SSSR count). The van der Waals surface area contributed by atoms with Crippen LogP contribution in [-0.4, -0.2) is 31.2 Å². The molecule has 0 radical (unpaired) electrons. The molecule has 0 spiro atoms. The molecular weight excluding hydrogens is 258 g/mol. The van der Waals surface area contributed by atoms with Gasteiger partial charge in [0.15, 0.2) is 0 Å². The smallest absolute Gasteiger partial charge is 0.312 e. The molecule has 0 aromatic heterocycles. The number of hydrogen-bond donors (Lipinski definition) is 3. The van der Waals surface area contributed by atoms with Gasteiger partial charge in [0.25, 0.3) is 5.91 Å². The summed E-state index contributed by atoms with van der Waals surface area (Å²) in [6, 6.07) is 6.46. The molecule has 0 saturated carbocycles. The Morgan fingerprint density at radius 2 is 2.00 bits per heavy atom. The minimum absolute atomic E-state index is 0.116. The maximum atomic E-state index is 11.9. The van der Waals surface area contributed by atoms with Crippen molar-refractivity contribution in [3.05, 3.63) is 35.4 Å². The fraction of sp³-hybridized carbons (Fsp3) is 0.429. The number of hydrogen-bond acceptors (Lipinski definition) is 3. The van der Waals surface area contributed by atoms with Crippen molar-refractivity contribution in [2.75, 3.05) is 13.2 Å². The topological polar surface area (TPSA) is 93.5 Å². The van der Waals surface area contributed by atoms with Crippen LogP contribution < -0.4 is 16.4 Å². The van der Waals surface area contributed by atoms with E-state index < -0.39 is 6.03 Å². The molecule has 4 N–H and O–H groups in total. The molecule has 1 aromatic carbocycles. The van der Waals surface area contributed by atoms with E-state index in [4.69, 9.17) is 10.5 Å². The summed E-state index contributed by atoms with van der Waals surface area (Å²) >= 11 is 0. The van der Waals surface area contributed by atoms with Crippen LogP contribution in [0.25, 0.3) is 0 Å². The second-order valence-electron chi connectivity index (χ2n) is 4.76. The van der Waals surface area contributed by atoms with Crippen LogP contribution in [0.3, 0.4) is 0 Å². The summed E-state index contributed by atoms with van der Waals surface area (Å²) in [5, 5.41) is 5.35. The van der Waals surface area contributed by atoms with Gasteiger partial charge in [-0.15, -0.1) is 0 Å². The molecule has 3 amide bonds. The van der Waals surface area contributed by atoms with E-state index in [1.165, 1.54) is 0 Å². The Labute approximate surface area is 117 Å². The van der Waals surface area contributed by atoms with E-state index in [-0.39, 0.29) is 12.0 Å². The van der Waals surface area contributed by atoms with Gasteiger partial charge < -0.3 is 21.1 Å². The maximum Gasteiger partial charge on any atom is 0.312 e. The molecule has 1 fully saturated rings.